The molecule has 202 valence electrons. The number of aliphatic imine (C=N–C) groups is 2. The summed E-state index contributed by atoms with van der Waals surface area (Å²) in [5.41, 5.74) is 6.10. The number of rotatable bonds is 5. The Morgan fingerprint density at radius 2 is 1.59 bits per heavy atom. The smallest absolute Gasteiger partial charge is 0.179 e. The quantitative estimate of drug-likeness (QED) is 0.250. The standard InChI is InChI=1S/C33H27FN6O/c1-3-41-28-16-10-8-14-26(28)36-31-33-37-32-29(21(2)38-40(32)24-11-5-4-6-12-24)30(22-17-19-23(34)20-18-22)39(33)27-15-9-7-13-25(27)35-31/h4-20,30H,3H2,1-2H3,(H,35,36)/t30-/m0/s1. The zero-order valence-electron chi connectivity index (χ0n) is 22.6. The molecule has 0 aliphatic carbocycles. The first kappa shape index (κ1) is 24.8. The number of para-hydroxylation sites is 5. The molecule has 0 unspecified atom stereocenters. The first-order valence-corrected chi connectivity index (χ1v) is 13.6. The molecule has 7 nitrogen and oxygen atoms in total. The second-order valence-electron chi connectivity index (χ2n) is 9.83. The van der Waals surface area contributed by atoms with E-state index in [1.165, 1.54) is 12.1 Å². The zero-order valence-corrected chi connectivity index (χ0v) is 22.6. The van der Waals surface area contributed by atoms with Gasteiger partial charge in [-0.1, -0.05) is 54.6 Å². The van der Waals surface area contributed by atoms with Gasteiger partial charge in [0, 0.05) is 5.56 Å². The fourth-order valence-electron chi connectivity index (χ4n) is 5.49. The summed E-state index contributed by atoms with van der Waals surface area (Å²) in [6.07, 6.45) is 0. The number of aryl methyl sites for hydroxylation is 1. The van der Waals surface area contributed by atoms with Crippen LogP contribution in [-0.4, -0.2) is 28.1 Å². The van der Waals surface area contributed by atoms with Crippen LogP contribution in [0.25, 0.3) is 5.69 Å². The van der Waals surface area contributed by atoms with Crippen LogP contribution >= 0.6 is 0 Å². The lowest BCUT2D eigenvalue weighted by molar-refractivity contribution is 0.342. The average molecular weight is 543 g/mol. The van der Waals surface area contributed by atoms with Crippen molar-refractivity contribution in [1.29, 1.82) is 0 Å². The number of nitrogens with zero attached hydrogens (tertiary/aromatic N) is 5. The highest BCUT2D eigenvalue weighted by molar-refractivity contribution is 6.51. The van der Waals surface area contributed by atoms with Crippen LogP contribution in [0.3, 0.4) is 0 Å². The molecule has 4 aromatic carbocycles. The van der Waals surface area contributed by atoms with Crippen molar-refractivity contribution in [3.05, 3.63) is 126 Å². The molecule has 0 amide bonds. The molecule has 0 saturated heterocycles. The van der Waals surface area contributed by atoms with Crippen molar-refractivity contribution < 1.29 is 9.13 Å². The van der Waals surface area contributed by atoms with Crippen LogP contribution in [-0.2, 0) is 0 Å². The number of hydrogen-bond acceptors (Lipinski definition) is 6. The fourth-order valence-corrected chi connectivity index (χ4v) is 5.49. The van der Waals surface area contributed by atoms with Crippen LogP contribution < -0.4 is 15.0 Å². The van der Waals surface area contributed by atoms with Gasteiger partial charge in [-0.05, 0) is 67.9 Å². The van der Waals surface area contributed by atoms with E-state index < -0.39 is 0 Å². The normalized spacial score (nSPS) is 15.3. The number of halogens is 1. The second-order valence-corrected chi connectivity index (χ2v) is 9.83. The molecule has 1 N–H and O–H groups in total. The van der Waals surface area contributed by atoms with Crippen LogP contribution in [0.4, 0.5) is 27.3 Å². The van der Waals surface area contributed by atoms with Crippen LogP contribution in [0, 0.1) is 12.7 Å². The maximum absolute atomic E-state index is 14.1. The minimum atomic E-state index is -0.328. The van der Waals surface area contributed by atoms with E-state index in [1.807, 2.05) is 110 Å². The highest BCUT2D eigenvalue weighted by Gasteiger charge is 2.41. The van der Waals surface area contributed by atoms with Gasteiger partial charge in [0.25, 0.3) is 0 Å². The topological polar surface area (TPSA) is 67.0 Å². The number of nitrogens with one attached hydrogen (secondary N) is 1. The van der Waals surface area contributed by atoms with Crippen molar-refractivity contribution >= 4 is 34.6 Å². The maximum atomic E-state index is 14.1. The molecule has 0 radical (unpaired) electrons. The largest absolute Gasteiger partial charge is 0.492 e. The Labute approximate surface area is 237 Å². The Morgan fingerprint density at radius 1 is 0.854 bits per heavy atom. The van der Waals surface area contributed by atoms with Gasteiger partial charge in [0.2, 0.25) is 0 Å². The molecule has 0 spiro atoms. The van der Waals surface area contributed by atoms with Crippen molar-refractivity contribution in [2.45, 2.75) is 19.9 Å². The molecule has 3 heterocycles. The van der Waals surface area contributed by atoms with Crippen LogP contribution in [0.2, 0.25) is 0 Å². The number of ether oxygens (including phenoxy) is 1. The number of aromatic nitrogens is 2. The summed E-state index contributed by atoms with van der Waals surface area (Å²) in [6, 6.07) is 32.1. The molecule has 7 rings (SSSR count). The summed E-state index contributed by atoms with van der Waals surface area (Å²) in [6.45, 7) is 4.49. The predicted molar refractivity (Wildman–Crippen MR) is 161 cm³/mol. The number of amidine groups is 2. The fraction of sp³-hybridized carbons (Fsp3) is 0.121. The minimum Gasteiger partial charge on any atom is -0.492 e. The Balaban J connectivity index is 1.48. The third-order valence-corrected chi connectivity index (χ3v) is 7.26. The Bertz CT molecular complexity index is 1810. The van der Waals surface area contributed by atoms with Crippen molar-refractivity contribution in [2.75, 3.05) is 16.8 Å². The molecule has 41 heavy (non-hydrogen) atoms. The van der Waals surface area contributed by atoms with Gasteiger partial charge in [-0.3, -0.25) is 0 Å². The summed E-state index contributed by atoms with van der Waals surface area (Å²) in [4.78, 5) is 12.5. The van der Waals surface area contributed by atoms with E-state index in [2.05, 4.69) is 10.2 Å². The van der Waals surface area contributed by atoms with E-state index in [4.69, 9.17) is 19.8 Å². The Hall–Kier alpha value is -5.24. The molecular weight excluding hydrogens is 515 g/mol. The third-order valence-electron chi connectivity index (χ3n) is 7.26. The lowest BCUT2D eigenvalue weighted by Crippen LogP contribution is -2.46. The van der Waals surface area contributed by atoms with Crippen LogP contribution in [0.15, 0.2) is 113 Å². The lowest BCUT2D eigenvalue weighted by Gasteiger charge is -2.40. The zero-order chi connectivity index (χ0) is 27.9. The van der Waals surface area contributed by atoms with Crippen molar-refractivity contribution in [3.63, 3.8) is 0 Å². The highest BCUT2D eigenvalue weighted by Crippen LogP contribution is 2.48. The van der Waals surface area contributed by atoms with Gasteiger partial charge >= 0.3 is 0 Å². The maximum Gasteiger partial charge on any atom is 0.179 e. The molecule has 0 saturated carbocycles. The lowest BCUT2D eigenvalue weighted by atomic mass is 9.93. The molecule has 2 aliphatic rings. The summed E-state index contributed by atoms with van der Waals surface area (Å²) >= 11 is 0. The van der Waals surface area contributed by atoms with Crippen LogP contribution in [0.5, 0.6) is 5.75 Å². The van der Waals surface area contributed by atoms with E-state index in [-0.39, 0.29) is 11.9 Å². The Kier molecular flexibility index (Phi) is 6.08. The number of fused-ring (bicyclic) bond motifs is 4. The monoisotopic (exact) mass is 542 g/mol. The number of benzene rings is 4. The second kappa shape index (κ2) is 10.1. The van der Waals surface area contributed by atoms with Gasteiger partial charge < -0.3 is 15.0 Å². The van der Waals surface area contributed by atoms with E-state index in [9.17, 15) is 4.39 Å². The van der Waals surface area contributed by atoms with E-state index in [1.54, 1.807) is 0 Å². The summed E-state index contributed by atoms with van der Waals surface area (Å²) in [5.74, 6) is 2.36. The molecule has 2 aliphatic heterocycles. The molecule has 1 aromatic heterocycles. The SMILES string of the molecule is CCOc1ccccc1NC1=Nc2ccccc2N2C1=Nc1c(c(C)nn1-c1ccccc1)[C@@H]2c1ccc(F)cc1. The molecule has 8 heteroatoms. The van der Waals surface area contributed by atoms with Gasteiger partial charge in [0.05, 0.1) is 41.1 Å². The summed E-state index contributed by atoms with van der Waals surface area (Å²) in [7, 11) is 0. The molecule has 5 aromatic rings. The first-order chi connectivity index (χ1) is 20.1. The van der Waals surface area contributed by atoms with Gasteiger partial charge in [0.1, 0.15) is 11.6 Å². The summed E-state index contributed by atoms with van der Waals surface area (Å²) in [5, 5.41) is 8.46. The third kappa shape index (κ3) is 4.24. The van der Waals surface area contributed by atoms with Crippen molar-refractivity contribution in [1.82, 2.24) is 9.78 Å². The first-order valence-electron chi connectivity index (χ1n) is 13.6. The molecular formula is C33H27FN6O. The minimum absolute atomic E-state index is 0.286. The van der Waals surface area contributed by atoms with Gasteiger partial charge in [-0.15, -0.1) is 0 Å². The Morgan fingerprint density at radius 3 is 2.39 bits per heavy atom. The van der Waals surface area contributed by atoms with Gasteiger partial charge in [-0.25, -0.2) is 19.1 Å². The number of anilines is 2. The van der Waals surface area contributed by atoms with Gasteiger partial charge in [0.15, 0.2) is 17.5 Å². The van der Waals surface area contributed by atoms with E-state index in [0.29, 0.717) is 24.1 Å². The predicted octanol–water partition coefficient (Wildman–Crippen LogP) is 7.51. The molecule has 1 atom stereocenters. The van der Waals surface area contributed by atoms with Crippen molar-refractivity contribution in [2.24, 2.45) is 9.98 Å². The summed E-state index contributed by atoms with van der Waals surface area (Å²) < 4.78 is 21.9. The van der Waals surface area contributed by atoms with E-state index in [0.717, 1.165) is 45.3 Å². The van der Waals surface area contributed by atoms with Gasteiger partial charge in [-0.2, -0.15) is 5.10 Å². The highest BCUT2D eigenvalue weighted by atomic mass is 19.1. The average Bonchev–Trinajstić information content (AvgIpc) is 3.34. The number of hydrogen-bond donors (Lipinski definition) is 1. The molecule has 0 bridgehead atoms. The molecule has 0 fully saturated rings. The van der Waals surface area contributed by atoms with Crippen molar-refractivity contribution in [3.8, 4) is 11.4 Å². The van der Waals surface area contributed by atoms with E-state index >= 15 is 0 Å². The van der Waals surface area contributed by atoms with Crippen LogP contribution in [0.1, 0.15) is 29.8 Å².